The van der Waals surface area contributed by atoms with Crippen LogP contribution in [0.2, 0.25) is 0 Å². The summed E-state index contributed by atoms with van der Waals surface area (Å²) < 4.78 is 5.43. The third-order valence-electron chi connectivity index (χ3n) is 4.85. The Bertz CT molecular complexity index is 1150. The number of imidazole rings is 1. The van der Waals surface area contributed by atoms with Gasteiger partial charge in [-0.25, -0.2) is 9.50 Å². The summed E-state index contributed by atoms with van der Waals surface area (Å²) >= 11 is 0. The standard InChI is InChI=1S/C18H18N8O/c1-24-10-13(8-20-24)16-17(25-7-3-2-4-15(25)21-16)22-18(27)12-5-6-14-9-19-23-26(14)11-12/h5-6,8-11H,2-4,7H2,1H3,(H,22,27). The predicted octanol–water partition coefficient (Wildman–Crippen LogP) is 1.91. The summed E-state index contributed by atoms with van der Waals surface area (Å²) in [6.07, 6.45) is 10.1. The summed E-state index contributed by atoms with van der Waals surface area (Å²) in [6, 6.07) is 3.59. The van der Waals surface area contributed by atoms with Crippen LogP contribution in [0.15, 0.2) is 36.9 Å². The molecule has 0 spiro atoms. The van der Waals surface area contributed by atoms with Crippen LogP contribution in [-0.2, 0) is 20.0 Å². The van der Waals surface area contributed by atoms with Crippen LogP contribution in [0.4, 0.5) is 5.82 Å². The SMILES string of the molecule is Cn1cc(-c2nc3n(c2NC(=O)c2ccc4cnnn4c2)CCCC3)cn1. The molecule has 5 heterocycles. The number of nitrogens with zero attached hydrogens (tertiary/aromatic N) is 7. The van der Waals surface area contributed by atoms with Crippen molar-refractivity contribution in [2.75, 3.05) is 5.32 Å². The summed E-state index contributed by atoms with van der Waals surface area (Å²) in [4.78, 5) is 17.7. The Morgan fingerprint density at radius 2 is 2.11 bits per heavy atom. The van der Waals surface area contributed by atoms with Gasteiger partial charge in [0.1, 0.15) is 17.3 Å². The summed E-state index contributed by atoms with van der Waals surface area (Å²) in [7, 11) is 1.87. The van der Waals surface area contributed by atoms with Gasteiger partial charge in [0, 0.05) is 38.0 Å². The Labute approximate surface area is 154 Å². The number of carbonyl (C=O) groups excluding carboxylic acids is 1. The second kappa shape index (κ2) is 6.04. The van der Waals surface area contributed by atoms with Crippen LogP contribution in [0.25, 0.3) is 16.8 Å². The molecule has 1 amide bonds. The van der Waals surface area contributed by atoms with Gasteiger partial charge in [-0.2, -0.15) is 5.10 Å². The number of amides is 1. The first-order valence-electron chi connectivity index (χ1n) is 8.89. The normalized spacial score (nSPS) is 13.7. The molecule has 0 atom stereocenters. The topological polar surface area (TPSA) is 94.9 Å². The summed E-state index contributed by atoms with van der Waals surface area (Å²) in [5, 5.41) is 15.1. The molecule has 0 radical (unpaired) electrons. The molecule has 0 saturated heterocycles. The zero-order valence-electron chi connectivity index (χ0n) is 14.8. The molecule has 0 bridgehead atoms. The number of carbonyl (C=O) groups is 1. The van der Waals surface area contributed by atoms with Crippen molar-refractivity contribution in [1.29, 1.82) is 0 Å². The number of nitrogens with one attached hydrogen (secondary N) is 1. The Morgan fingerprint density at radius 3 is 2.96 bits per heavy atom. The van der Waals surface area contributed by atoms with Gasteiger partial charge in [-0.05, 0) is 25.0 Å². The molecular formula is C18H18N8O. The third-order valence-corrected chi connectivity index (χ3v) is 4.85. The maximum absolute atomic E-state index is 12.9. The molecule has 0 saturated carbocycles. The molecular weight excluding hydrogens is 344 g/mol. The number of hydrogen-bond donors (Lipinski definition) is 1. The highest BCUT2D eigenvalue weighted by Crippen LogP contribution is 2.31. The molecule has 9 heteroatoms. The van der Waals surface area contributed by atoms with E-state index in [4.69, 9.17) is 4.98 Å². The van der Waals surface area contributed by atoms with Crippen LogP contribution >= 0.6 is 0 Å². The van der Waals surface area contributed by atoms with Crippen molar-refractivity contribution in [3.05, 3.63) is 48.3 Å². The van der Waals surface area contributed by atoms with Gasteiger partial charge >= 0.3 is 0 Å². The molecule has 0 unspecified atom stereocenters. The number of aromatic nitrogens is 7. The fourth-order valence-corrected chi connectivity index (χ4v) is 3.49. The summed E-state index contributed by atoms with van der Waals surface area (Å²) in [5.74, 6) is 1.52. The van der Waals surface area contributed by atoms with Crippen LogP contribution in [0, 0.1) is 0 Å². The van der Waals surface area contributed by atoms with E-state index < -0.39 is 0 Å². The maximum Gasteiger partial charge on any atom is 0.258 e. The molecule has 4 aromatic heterocycles. The second-order valence-corrected chi connectivity index (χ2v) is 6.71. The van der Waals surface area contributed by atoms with Gasteiger partial charge in [0.2, 0.25) is 0 Å². The predicted molar refractivity (Wildman–Crippen MR) is 98.3 cm³/mol. The lowest BCUT2D eigenvalue weighted by molar-refractivity contribution is 0.102. The second-order valence-electron chi connectivity index (χ2n) is 6.71. The van der Waals surface area contributed by atoms with E-state index in [1.807, 2.05) is 19.3 Å². The third kappa shape index (κ3) is 2.67. The highest BCUT2D eigenvalue weighted by molar-refractivity contribution is 6.05. The first kappa shape index (κ1) is 15.7. The highest BCUT2D eigenvalue weighted by Gasteiger charge is 2.23. The van der Waals surface area contributed by atoms with Crippen molar-refractivity contribution in [2.45, 2.75) is 25.8 Å². The van der Waals surface area contributed by atoms with Gasteiger partial charge in [0.05, 0.1) is 23.5 Å². The first-order chi connectivity index (χ1) is 13.2. The van der Waals surface area contributed by atoms with Gasteiger partial charge in [-0.15, -0.1) is 5.10 Å². The molecule has 27 heavy (non-hydrogen) atoms. The fraction of sp³-hybridized carbons (Fsp3) is 0.278. The molecule has 1 N–H and O–H groups in total. The molecule has 0 aromatic carbocycles. The van der Waals surface area contributed by atoms with Crippen molar-refractivity contribution in [1.82, 2.24) is 34.2 Å². The number of fused-ring (bicyclic) bond motifs is 2. The lowest BCUT2D eigenvalue weighted by atomic mass is 10.2. The minimum Gasteiger partial charge on any atom is -0.314 e. The van der Waals surface area contributed by atoms with E-state index in [1.165, 1.54) is 0 Å². The molecule has 4 aromatic rings. The smallest absolute Gasteiger partial charge is 0.258 e. The monoisotopic (exact) mass is 362 g/mol. The Hall–Kier alpha value is -3.49. The molecule has 1 aliphatic rings. The number of aryl methyl sites for hydroxylation is 2. The quantitative estimate of drug-likeness (QED) is 0.601. The number of anilines is 1. The van der Waals surface area contributed by atoms with E-state index in [1.54, 1.807) is 33.9 Å². The largest absolute Gasteiger partial charge is 0.314 e. The van der Waals surface area contributed by atoms with E-state index in [-0.39, 0.29) is 5.91 Å². The first-order valence-corrected chi connectivity index (χ1v) is 8.89. The molecule has 1 aliphatic heterocycles. The van der Waals surface area contributed by atoms with Crippen molar-refractivity contribution >= 4 is 17.2 Å². The van der Waals surface area contributed by atoms with Crippen LogP contribution < -0.4 is 5.32 Å². The zero-order valence-corrected chi connectivity index (χ0v) is 14.8. The Kier molecular flexibility index (Phi) is 3.52. The van der Waals surface area contributed by atoms with E-state index in [0.717, 1.165) is 54.2 Å². The minimum absolute atomic E-state index is 0.203. The Morgan fingerprint density at radius 1 is 1.19 bits per heavy atom. The van der Waals surface area contributed by atoms with Crippen molar-refractivity contribution in [3.8, 4) is 11.3 Å². The lowest BCUT2D eigenvalue weighted by Crippen LogP contribution is -2.19. The molecule has 0 fully saturated rings. The van der Waals surface area contributed by atoms with E-state index in [2.05, 4.69) is 25.3 Å². The van der Waals surface area contributed by atoms with Crippen LogP contribution in [0.1, 0.15) is 29.0 Å². The van der Waals surface area contributed by atoms with Gasteiger partial charge in [0.15, 0.2) is 0 Å². The molecule has 136 valence electrons. The lowest BCUT2D eigenvalue weighted by Gasteiger charge is -2.17. The highest BCUT2D eigenvalue weighted by atomic mass is 16.1. The van der Waals surface area contributed by atoms with Crippen molar-refractivity contribution in [3.63, 3.8) is 0 Å². The summed E-state index contributed by atoms with van der Waals surface area (Å²) in [5.41, 5.74) is 3.00. The van der Waals surface area contributed by atoms with E-state index in [9.17, 15) is 4.79 Å². The van der Waals surface area contributed by atoms with Crippen LogP contribution in [-0.4, -0.2) is 40.1 Å². The van der Waals surface area contributed by atoms with E-state index in [0.29, 0.717) is 5.56 Å². The number of pyridine rings is 1. The number of rotatable bonds is 3. The van der Waals surface area contributed by atoms with Crippen LogP contribution in [0.3, 0.4) is 0 Å². The van der Waals surface area contributed by atoms with Gasteiger partial charge in [-0.3, -0.25) is 9.48 Å². The van der Waals surface area contributed by atoms with Crippen molar-refractivity contribution in [2.24, 2.45) is 7.05 Å². The van der Waals surface area contributed by atoms with Crippen molar-refractivity contribution < 1.29 is 4.79 Å². The summed E-state index contributed by atoms with van der Waals surface area (Å²) in [6.45, 7) is 0.848. The molecule has 9 nitrogen and oxygen atoms in total. The van der Waals surface area contributed by atoms with Crippen LogP contribution in [0.5, 0.6) is 0 Å². The molecule has 0 aliphatic carbocycles. The Balaban J connectivity index is 1.55. The zero-order chi connectivity index (χ0) is 18.4. The van der Waals surface area contributed by atoms with Gasteiger partial charge in [-0.1, -0.05) is 5.21 Å². The maximum atomic E-state index is 12.9. The molecule has 5 rings (SSSR count). The van der Waals surface area contributed by atoms with Gasteiger partial charge < -0.3 is 9.88 Å². The average molecular weight is 362 g/mol. The minimum atomic E-state index is -0.203. The van der Waals surface area contributed by atoms with E-state index >= 15 is 0 Å². The van der Waals surface area contributed by atoms with Gasteiger partial charge in [0.25, 0.3) is 5.91 Å². The fourth-order valence-electron chi connectivity index (χ4n) is 3.49. The number of hydrogen-bond acceptors (Lipinski definition) is 5. The average Bonchev–Trinajstić information content (AvgIpc) is 3.39.